The van der Waals surface area contributed by atoms with Gasteiger partial charge in [0.1, 0.15) is 0 Å². The van der Waals surface area contributed by atoms with Crippen LogP contribution in [0, 0.1) is 6.42 Å². The molecule has 2 aliphatic carbocycles. The Morgan fingerprint density at radius 2 is 1.45 bits per heavy atom. The van der Waals surface area contributed by atoms with Crippen molar-refractivity contribution in [2.75, 3.05) is 0 Å². The molecule has 0 aromatic carbocycles. The van der Waals surface area contributed by atoms with E-state index in [0.29, 0.717) is 0 Å². The van der Waals surface area contributed by atoms with Gasteiger partial charge in [-0.3, -0.25) is 0 Å². The van der Waals surface area contributed by atoms with Crippen LogP contribution in [-0.4, -0.2) is 0 Å². The van der Waals surface area contributed by atoms with Gasteiger partial charge in [0.25, 0.3) is 0 Å². The van der Waals surface area contributed by atoms with E-state index in [2.05, 4.69) is 42.9 Å². The van der Waals surface area contributed by atoms with Crippen LogP contribution in [0.25, 0.3) is 0 Å². The third-order valence-electron chi connectivity index (χ3n) is 1.97. The number of rotatable bonds is 2. The van der Waals surface area contributed by atoms with Crippen molar-refractivity contribution in [3.63, 3.8) is 0 Å². The Kier molecular flexibility index (Phi) is 1.76. The first-order chi connectivity index (χ1) is 5.45. The highest BCUT2D eigenvalue weighted by Crippen LogP contribution is 2.22. The molecule has 0 aromatic heterocycles. The van der Waals surface area contributed by atoms with Gasteiger partial charge in [0.2, 0.25) is 0 Å². The second-order valence-corrected chi connectivity index (χ2v) is 2.89. The molecule has 0 unspecified atom stereocenters. The van der Waals surface area contributed by atoms with Gasteiger partial charge in [0, 0.05) is 6.42 Å². The Morgan fingerprint density at radius 3 is 1.82 bits per heavy atom. The molecule has 0 fully saturated rings. The van der Waals surface area contributed by atoms with Crippen LogP contribution in [0.3, 0.4) is 0 Å². The van der Waals surface area contributed by atoms with Crippen molar-refractivity contribution in [2.45, 2.75) is 12.8 Å². The molecule has 0 N–H and O–H groups in total. The Balaban J connectivity index is 1.91. The van der Waals surface area contributed by atoms with Gasteiger partial charge in [0.05, 0.1) is 0 Å². The summed E-state index contributed by atoms with van der Waals surface area (Å²) in [6, 6.07) is 0. The van der Waals surface area contributed by atoms with E-state index in [1.54, 1.807) is 0 Å². The molecule has 1 radical (unpaired) electrons. The zero-order valence-corrected chi connectivity index (χ0v) is 6.46. The smallest absolute Gasteiger partial charge is 0.0123 e. The standard InChI is InChI=1S/C11H11/c1-2-6-10(5-1)9-11-7-3-4-8-11/h1-5,7,9H,6,8H2. The van der Waals surface area contributed by atoms with E-state index in [-0.39, 0.29) is 0 Å². The predicted octanol–water partition coefficient (Wildman–Crippen LogP) is 2.96. The molecule has 0 nitrogen and oxygen atoms in total. The summed E-state index contributed by atoms with van der Waals surface area (Å²) in [4.78, 5) is 0. The summed E-state index contributed by atoms with van der Waals surface area (Å²) in [7, 11) is 0. The zero-order valence-electron chi connectivity index (χ0n) is 6.46. The lowest BCUT2D eigenvalue weighted by Crippen LogP contribution is -1.83. The summed E-state index contributed by atoms with van der Waals surface area (Å²) in [5.74, 6) is 0. The maximum Gasteiger partial charge on any atom is 0.0123 e. The van der Waals surface area contributed by atoms with E-state index in [1.165, 1.54) is 11.1 Å². The molecule has 0 spiro atoms. The lowest BCUT2D eigenvalue weighted by Gasteiger charge is -2.00. The van der Waals surface area contributed by atoms with Crippen molar-refractivity contribution in [3.8, 4) is 0 Å². The first kappa shape index (κ1) is 6.66. The molecular weight excluding hydrogens is 132 g/mol. The highest BCUT2D eigenvalue weighted by molar-refractivity contribution is 5.41. The van der Waals surface area contributed by atoms with Crippen LogP contribution in [0.5, 0.6) is 0 Å². The Labute approximate surface area is 67.6 Å². The van der Waals surface area contributed by atoms with Gasteiger partial charge in [-0.15, -0.1) is 0 Å². The van der Waals surface area contributed by atoms with E-state index < -0.39 is 0 Å². The Morgan fingerprint density at radius 1 is 0.909 bits per heavy atom. The van der Waals surface area contributed by atoms with Crippen LogP contribution in [0.2, 0.25) is 0 Å². The van der Waals surface area contributed by atoms with Crippen molar-refractivity contribution in [2.24, 2.45) is 0 Å². The van der Waals surface area contributed by atoms with Crippen LogP contribution in [0.15, 0.2) is 47.6 Å². The fourth-order valence-electron chi connectivity index (χ4n) is 1.38. The highest BCUT2D eigenvalue weighted by atomic mass is 14.1. The number of hydrogen-bond acceptors (Lipinski definition) is 0. The molecule has 2 aliphatic rings. The summed E-state index contributed by atoms with van der Waals surface area (Å²) in [5, 5.41) is 0. The van der Waals surface area contributed by atoms with Crippen LogP contribution >= 0.6 is 0 Å². The van der Waals surface area contributed by atoms with Gasteiger partial charge >= 0.3 is 0 Å². The van der Waals surface area contributed by atoms with Crippen molar-refractivity contribution in [1.82, 2.24) is 0 Å². The fraction of sp³-hybridized carbons (Fsp3) is 0.182. The second-order valence-electron chi connectivity index (χ2n) is 2.89. The normalized spacial score (nSPS) is 20.7. The summed E-state index contributed by atoms with van der Waals surface area (Å²) in [6.45, 7) is 0. The van der Waals surface area contributed by atoms with E-state index in [4.69, 9.17) is 0 Å². The fourth-order valence-corrected chi connectivity index (χ4v) is 1.38. The minimum atomic E-state index is 1.11. The number of allylic oxidation sites excluding steroid dienone is 8. The molecule has 55 valence electrons. The molecule has 11 heavy (non-hydrogen) atoms. The molecule has 0 saturated heterocycles. The molecule has 2 rings (SSSR count). The molecule has 0 bridgehead atoms. The van der Waals surface area contributed by atoms with Crippen LogP contribution in [0.1, 0.15) is 12.8 Å². The minimum Gasteiger partial charge on any atom is -0.0804 e. The predicted molar refractivity (Wildman–Crippen MR) is 48.0 cm³/mol. The quantitative estimate of drug-likeness (QED) is 0.557. The average molecular weight is 143 g/mol. The monoisotopic (exact) mass is 143 g/mol. The van der Waals surface area contributed by atoms with E-state index >= 15 is 0 Å². The average Bonchev–Trinajstić information content (AvgIpc) is 2.60. The highest BCUT2D eigenvalue weighted by Gasteiger charge is 2.04. The van der Waals surface area contributed by atoms with Crippen LogP contribution < -0.4 is 0 Å². The minimum absolute atomic E-state index is 1.11. The molecule has 0 atom stereocenters. The van der Waals surface area contributed by atoms with Gasteiger partial charge in [-0.2, -0.15) is 0 Å². The lowest BCUT2D eigenvalue weighted by atomic mass is 10.0. The summed E-state index contributed by atoms with van der Waals surface area (Å²) in [5.41, 5.74) is 2.86. The van der Waals surface area contributed by atoms with Crippen molar-refractivity contribution in [3.05, 3.63) is 54.0 Å². The van der Waals surface area contributed by atoms with Crippen LogP contribution in [0.4, 0.5) is 0 Å². The van der Waals surface area contributed by atoms with Gasteiger partial charge in [-0.25, -0.2) is 0 Å². The first-order valence-corrected chi connectivity index (χ1v) is 4.01. The third kappa shape index (κ3) is 1.51. The third-order valence-corrected chi connectivity index (χ3v) is 1.97. The largest absolute Gasteiger partial charge is 0.0804 e. The van der Waals surface area contributed by atoms with Crippen molar-refractivity contribution >= 4 is 0 Å². The molecule has 0 aromatic rings. The van der Waals surface area contributed by atoms with E-state index in [0.717, 1.165) is 12.8 Å². The molecule has 0 aliphatic heterocycles. The molecular formula is C11H11. The van der Waals surface area contributed by atoms with Crippen LogP contribution in [-0.2, 0) is 0 Å². The van der Waals surface area contributed by atoms with Gasteiger partial charge in [-0.1, -0.05) is 47.6 Å². The molecule has 0 saturated carbocycles. The van der Waals surface area contributed by atoms with E-state index in [9.17, 15) is 0 Å². The van der Waals surface area contributed by atoms with E-state index in [1.807, 2.05) is 0 Å². The molecule has 0 heteroatoms. The second kappa shape index (κ2) is 2.91. The summed E-state index contributed by atoms with van der Waals surface area (Å²) < 4.78 is 0. The van der Waals surface area contributed by atoms with Crippen molar-refractivity contribution in [1.29, 1.82) is 0 Å². The lowest BCUT2D eigenvalue weighted by molar-refractivity contribution is 1.19. The SMILES string of the molecule is [CH](C1=CC=CC1)C1=CC=CC1. The molecule has 0 heterocycles. The number of hydrogen-bond donors (Lipinski definition) is 0. The van der Waals surface area contributed by atoms with Crippen molar-refractivity contribution < 1.29 is 0 Å². The maximum absolute atomic E-state index is 2.28. The summed E-state index contributed by atoms with van der Waals surface area (Å²) >= 11 is 0. The Bertz CT molecular complexity index is 234. The first-order valence-electron chi connectivity index (χ1n) is 4.01. The zero-order chi connectivity index (χ0) is 7.52. The summed E-state index contributed by atoms with van der Waals surface area (Å²) in [6.07, 6.45) is 17.5. The molecule has 0 amide bonds. The van der Waals surface area contributed by atoms with Gasteiger partial charge in [-0.05, 0) is 12.8 Å². The topological polar surface area (TPSA) is 0 Å². The van der Waals surface area contributed by atoms with Gasteiger partial charge in [0.15, 0.2) is 0 Å². The maximum atomic E-state index is 2.28. The Hall–Kier alpha value is -1.04. The van der Waals surface area contributed by atoms with Gasteiger partial charge < -0.3 is 0 Å².